The van der Waals surface area contributed by atoms with Crippen molar-refractivity contribution >= 4 is 6.34 Å². The van der Waals surface area contributed by atoms with E-state index in [4.69, 9.17) is 5.73 Å². The zero-order valence-electron chi connectivity index (χ0n) is 5.95. The normalized spacial score (nSPS) is 10.5. The van der Waals surface area contributed by atoms with Crippen LogP contribution in [-0.4, -0.2) is 11.3 Å². The number of hydrogen-bond acceptors (Lipinski definition) is 2. The van der Waals surface area contributed by atoms with Crippen molar-refractivity contribution in [2.45, 2.75) is 6.54 Å². The van der Waals surface area contributed by atoms with E-state index in [9.17, 15) is 4.79 Å². The Morgan fingerprint density at radius 2 is 2.55 bits per heavy atom. The highest BCUT2D eigenvalue weighted by Gasteiger charge is 1.93. The molecule has 58 valence electrons. The lowest BCUT2D eigenvalue weighted by molar-refractivity contribution is 1.02. The fraction of sp³-hybridized carbons (Fsp3) is 0.143. The second kappa shape index (κ2) is 3.55. The van der Waals surface area contributed by atoms with E-state index in [0.717, 1.165) is 0 Å². The predicted molar refractivity (Wildman–Crippen MR) is 43.4 cm³/mol. The van der Waals surface area contributed by atoms with E-state index in [1.165, 1.54) is 6.34 Å². The van der Waals surface area contributed by atoms with Crippen molar-refractivity contribution in [1.29, 1.82) is 0 Å². The van der Waals surface area contributed by atoms with Crippen molar-refractivity contribution in [3.05, 3.63) is 34.2 Å². The van der Waals surface area contributed by atoms with Crippen molar-refractivity contribution in [3.63, 3.8) is 0 Å². The largest absolute Gasteiger partial charge is 0.390 e. The van der Waals surface area contributed by atoms with Crippen LogP contribution in [0.5, 0.6) is 0 Å². The highest BCUT2D eigenvalue weighted by atomic mass is 16.1. The molecule has 3 N–H and O–H groups in total. The molecule has 0 amide bonds. The van der Waals surface area contributed by atoms with E-state index < -0.39 is 0 Å². The van der Waals surface area contributed by atoms with Crippen LogP contribution in [0.4, 0.5) is 0 Å². The van der Waals surface area contributed by atoms with Gasteiger partial charge in [-0.25, -0.2) is 0 Å². The second-order valence-corrected chi connectivity index (χ2v) is 2.01. The Labute approximate surface area is 63.8 Å². The highest BCUT2D eigenvalue weighted by molar-refractivity contribution is 5.51. The smallest absolute Gasteiger partial charge is 0.253 e. The molecular weight excluding hydrogens is 142 g/mol. The summed E-state index contributed by atoms with van der Waals surface area (Å²) in [6, 6.07) is 3.47. The first kappa shape index (κ1) is 7.53. The van der Waals surface area contributed by atoms with Crippen molar-refractivity contribution in [2.75, 3.05) is 0 Å². The molecule has 11 heavy (non-hydrogen) atoms. The van der Waals surface area contributed by atoms with E-state index in [0.29, 0.717) is 12.1 Å². The lowest BCUT2D eigenvalue weighted by atomic mass is 10.3. The molecule has 0 fully saturated rings. The van der Waals surface area contributed by atoms with Crippen LogP contribution in [0.3, 0.4) is 0 Å². The third-order valence-electron chi connectivity index (χ3n) is 1.27. The number of nitrogens with two attached hydrogens (primary N) is 1. The van der Waals surface area contributed by atoms with Gasteiger partial charge >= 0.3 is 0 Å². The zero-order valence-corrected chi connectivity index (χ0v) is 5.95. The highest BCUT2D eigenvalue weighted by Crippen LogP contribution is 1.89. The van der Waals surface area contributed by atoms with Crippen LogP contribution in [0.1, 0.15) is 5.56 Å². The monoisotopic (exact) mass is 151 g/mol. The van der Waals surface area contributed by atoms with Gasteiger partial charge in [-0.2, -0.15) is 0 Å². The summed E-state index contributed by atoms with van der Waals surface area (Å²) in [7, 11) is 0. The molecule has 1 aromatic rings. The Hall–Kier alpha value is -1.58. The average Bonchev–Trinajstić information content (AvgIpc) is 2.03. The molecule has 0 aliphatic heterocycles. The van der Waals surface area contributed by atoms with Crippen LogP contribution in [0, 0.1) is 0 Å². The number of nitrogens with zero attached hydrogens (tertiary/aromatic N) is 1. The fourth-order valence-electron chi connectivity index (χ4n) is 0.732. The van der Waals surface area contributed by atoms with E-state index in [1.54, 1.807) is 18.3 Å². The molecule has 4 heteroatoms. The molecule has 0 aliphatic carbocycles. The first-order chi connectivity index (χ1) is 5.34. The molecule has 0 spiro atoms. The Kier molecular flexibility index (Phi) is 2.43. The van der Waals surface area contributed by atoms with Crippen LogP contribution in [0.15, 0.2) is 28.1 Å². The van der Waals surface area contributed by atoms with Crippen LogP contribution >= 0.6 is 0 Å². The number of hydrogen-bond donors (Lipinski definition) is 2. The third kappa shape index (κ3) is 1.93. The number of rotatable bonds is 2. The topological polar surface area (TPSA) is 71.2 Å². The molecule has 1 rings (SSSR count). The summed E-state index contributed by atoms with van der Waals surface area (Å²) in [6.45, 7) is 0.340. The molecule has 0 aromatic carbocycles. The van der Waals surface area contributed by atoms with Gasteiger partial charge in [-0.15, -0.1) is 0 Å². The standard InChI is InChI=1S/C7H9N3O/c8-5-9-4-6-2-1-3-10-7(6)11/h1-3,5H,4H2,(H2,8,9)(H,10,11). The summed E-state index contributed by atoms with van der Waals surface area (Å²) >= 11 is 0. The van der Waals surface area contributed by atoms with Crippen molar-refractivity contribution < 1.29 is 0 Å². The van der Waals surface area contributed by atoms with Gasteiger partial charge in [-0.05, 0) is 6.07 Å². The van der Waals surface area contributed by atoms with E-state index in [2.05, 4.69) is 9.98 Å². The Morgan fingerprint density at radius 3 is 3.18 bits per heavy atom. The average molecular weight is 151 g/mol. The number of aliphatic imine (C=N–C) groups is 1. The number of pyridine rings is 1. The summed E-state index contributed by atoms with van der Waals surface area (Å²) in [5.74, 6) is 0. The molecule has 0 saturated carbocycles. The van der Waals surface area contributed by atoms with Crippen LogP contribution in [-0.2, 0) is 6.54 Å². The zero-order chi connectivity index (χ0) is 8.10. The number of aromatic nitrogens is 1. The quantitative estimate of drug-likeness (QED) is 0.456. The molecule has 4 nitrogen and oxygen atoms in total. The first-order valence-electron chi connectivity index (χ1n) is 3.21. The predicted octanol–water partition coefficient (Wildman–Crippen LogP) is -0.138. The summed E-state index contributed by atoms with van der Waals surface area (Å²) in [4.78, 5) is 17.2. The van der Waals surface area contributed by atoms with Crippen molar-refractivity contribution in [2.24, 2.45) is 10.7 Å². The van der Waals surface area contributed by atoms with E-state index >= 15 is 0 Å². The Morgan fingerprint density at radius 1 is 1.73 bits per heavy atom. The van der Waals surface area contributed by atoms with Crippen LogP contribution < -0.4 is 11.3 Å². The van der Waals surface area contributed by atoms with Gasteiger partial charge in [0.1, 0.15) is 0 Å². The SMILES string of the molecule is NC=NCc1ccc[nH]c1=O. The molecule has 0 radical (unpaired) electrons. The molecule has 0 atom stereocenters. The number of H-pyrrole nitrogens is 1. The molecule has 1 aromatic heterocycles. The summed E-state index contributed by atoms with van der Waals surface area (Å²) in [5, 5.41) is 0. The lowest BCUT2D eigenvalue weighted by Crippen LogP contribution is -2.10. The molecule has 0 aliphatic rings. The van der Waals surface area contributed by atoms with Gasteiger partial charge in [0, 0.05) is 11.8 Å². The first-order valence-corrected chi connectivity index (χ1v) is 3.21. The number of nitrogens with one attached hydrogen (secondary N) is 1. The van der Waals surface area contributed by atoms with Crippen molar-refractivity contribution in [3.8, 4) is 0 Å². The summed E-state index contributed by atoms with van der Waals surface area (Å²) < 4.78 is 0. The van der Waals surface area contributed by atoms with Gasteiger partial charge in [0.25, 0.3) is 5.56 Å². The third-order valence-corrected chi connectivity index (χ3v) is 1.27. The van der Waals surface area contributed by atoms with E-state index in [1.807, 2.05) is 0 Å². The lowest BCUT2D eigenvalue weighted by Gasteiger charge is -1.91. The molecular formula is C7H9N3O. The van der Waals surface area contributed by atoms with Gasteiger partial charge in [0.2, 0.25) is 0 Å². The molecule has 0 saturated heterocycles. The van der Waals surface area contributed by atoms with E-state index in [-0.39, 0.29) is 5.56 Å². The maximum Gasteiger partial charge on any atom is 0.253 e. The van der Waals surface area contributed by atoms with Crippen LogP contribution in [0.2, 0.25) is 0 Å². The van der Waals surface area contributed by atoms with Gasteiger partial charge in [0.15, 0.2) is 0 Å². The second-order valence-electron chi connectivity index (χ2n) is 2.01. The summed E-state index contributed by atoms with van der Waals surface area (Å²) in [6.07, 6.45) is 2.77. The van der Waals surface area contributed by atoms with Crippen molar-refractivity contribution in [1.82, 2.24) is 4.98 Å². The minimum Gasteiger partial charge on any atom is -0.390 e. The maximum atomic E-state index is 11.0. The maximum absolute atomic E-state index is 11.0. The molecule has 0 unspecified atom stereocenters. The Bertz CT molecular complexity index is 303. The van der Waals surface area contributed by atoms with Crippen LogP contribution in [0.25, 0.3) is 0 Å². The van der Waals surface area contributed by atoms with Gasteiger partial charge in [0.05, 0.1) is 12.9 Å². The van der Waals surface area contributed by atoms with Gasteiger partial charge in [-0.3, -0.25) is 9.79 Å². The minimum absolute atomic E-state index is 0.113. The fourth-order valence-corrected chi connectivity index (χ4v) is 0.732. The van der Waals surface area contributed by atoms with Gasteiger partial charge in [-0.1, -0.05) is 6.07 Å². The molecule has 0 bridgehead atoms. The Balaban J connectivity index is 2.86. The minimum atomic E-state index is -0.113. The number of aromatic amines is 1. The van der Waals surface area contributed by atoms with Gasteiger partial charge < -0.3 is 10.7 Å². The molecule has 1 heterocycles. The summed E-state index contributed by atoms with van der Waals surface area (Å²) in [5.41, 5.74) is 5.53.